The van der Waals surface area contributed by atoms with Crippen molar-refractivity contribution < 1.29 is 0 Å². The van der Waals surface area contributed by atoms with E-state index in [1.807, 2.05) is 0 Å². The van der Waals surface area contributed by atoms with Crippen molar-refractivity contribution in [2.45, 2.75) is 38.3 Å². The van der Waals surface area contributed by atoms with Gasteiger partial charge in [-0.15, -0.1) is 0 Å². The Balaban J connectivity index is 1.85. The number of anilines is 1. The molecule has 35 heavy (non-hydrogen) atoms. The normalized spacial score (nSPS) is 17.2. The summed E-state index contributed by atoms with van der Waals surface area (Å²) in [6.45, 7) is 8.32. The van der Waals surface area contributed by atoms with Gasteiger partial charge >= 0.3 is 219 Å². The molecule has 0 aromatic heterocycles. The van der Waals surface area contributed by atoms with Crippen LogP contribution in [0.25, 0.3) is 0 Å². The monoisotopic (exact) mass is 543 g/mol. The fourth-order valence-corrected chi connectivity index (χ4v) is 14.0. The van der Waals surface area contributed by atoms with Crippen LogP contribution in [-0.4, -0.2) is 13.6 Å². The zero-order valence-corrected chi connectivity index (χ0v) is 23.6. The summed E-state index contributed by atoms with van der Waals surface area (Å²) < 4.78 is 0. The predicted molar refractivity (Wildman–Crippen MR) is 160 cm³/mol. The number of nitrogens with zero attached hydrogens (tertiary/aromatic N) is 1. The number of rotatable bonds is 5. The van der Waals surface area contributed by atoms with E-state index in [9.17, 15) is 0 Å². The van der Waals surface area contributed by atoms with Gasteiger partial charge < -0.3 is 0 Å². The molecule has 0 aliphatic carbocycles. The van der Waals surface area contributed by atoms with Crippen LogP contribution < -0.4 is 20.8 Å². The average Bonchev–Trinajstić information content (AvgIpc) is 2.91. The quantitative estimate of drug-likeness (QED) is 0.233. The summed E-state index contributed by atoms with van der Waals surface area (Å²) in [5.41, 5.74) is 4.60. The first-order chi connectivity index (χ1) is 16.8. The number of benzene rings is 4. The molecule has 0 bridgehead atoms. The van der Waals surface area contributed by atoms with Gasteiger partial charge in [0.1, 0.15) is 0 Å². The van der Waals surface area contributed by atoms with E-state index in [4.69, 9.17) is 0 Å². The molecule has 1 aliphatic heterocycles. The number of hydrogen-bond acceptors (Lipinski definition) is 1. The van der Waals surface area contributed by atoms with Gasteiger partial charge in [-0.1, -0.05) is 0 Å². The molecular weight excluding hydrogens is 509 g/mol. The van der Waals surface area contributed by atoms with Crippen LogP contribution in [0.1, 0.15) is 44.0 Å². The van der Waals surface area contributed by atoms with Crippen molar-refractivity contribution in [1.29, 1.82) is 0 Å². The van der Waals surface area contributed by atoms with Crippen LogP contribution in [0.3, 0.4) is 0 Å². The van der Waals surface area contributed by atoms with Crippen molar-refractivity contribution in [1.82, 2.24) is 0 Å². The number of fused-ring (bicyclic) bond motifs is 1. The van der Waals surface area contributed by atoms with Gasteiger partial charge in [-0.2, -0.15) is 0 Å². The minimum atomic E-state index is -3.10. The molecule has 4 aromatic rings. The van der Waals surface area contributed by atoms with Crippen LogP contribution in [0.5, 0.6) is 0 Å². The molecule has 1 heterocycles. The Kier molecular flexibility index (Phi) is 6.19. The van der Waals surface area contributed by atoms with Gasteiger partial charge in [-0.25, -0.2) is 0 Å². The molecular formula is C32H35BrNP. The summed E-state index contributed by atoms with van der Waals surface area (Å²) in [6, 6.07) is 40.6. The summed E-state index contributed by atoms with van der Waals surface area (Å²) >= 11 is 4.68. The predicted octanol–water partition coefficient (Wildman–Crippen LogP) is 7.70. The van der Waals surface area contributed by atoms with Crippen LogP contribution in [0.15, 0.2) is 109 Å². The van der Waals surface area contributed by atoms with Crippen LogP contribution in [0.4, 0.5) is 5.69 Å². The average molecular weight is 545 g/mol. The van der Waals surface area contributed by atoms with E-state index in [1.54, 1.807) is 0 Å². The first-order valence-electron chi connectivity index (χ1n) is 12.5. The van der Waals surface area contributed by atoms with Crippen LogP contribution in [0, 0.1) is 0 Å². The molecule has 3 heteroatoms. The molecule has 1 atom stereocenters. The molecule has 4 aromatic carbocycles. The molecule has 0 radical (unpaired) electrons. The van der Waals surface area contributed by atoms with Crippen LogP contribution in [0.2, 0.25) is 0 Å². The van der Waals surface area contributed by atoms with Gasteiger partial charge in [0.2, 0.25) is 0 Å². The first kappa shape index (κ1) is 24.3. The molecule has 0 amide bonds. The van der Waals surface area contributed by atoms with Crippen molar-refractivity contribution >= 4 is 42.4 Å². The molecule has 1 unspecified atom stereocenters. The molecule has 1 aliphatic rings. The molecule has 0 N–H and O–H groups in total. The maximum atomic E-state index is 4.68. The summed E-state index contributed by atoms with van der Waals surface area (Å²) in [6.07, 6.45) is 1.17. The maximum absolute atomic E-state index is 4.68. The molecule has 5 rings (SSSR count). The van der Waals surface area contributed by atoms with E-state index in [1.165, 1.54) is 39.1 Å². The van der Waals surface area contributed by atoms with E-state index in [2.05, 4.69) is 157 Å². The molecule has 0 fully saturated rings. The Morgan fingerprint density at radius 1 is 0.743 bits per heavy atom. The number of hydrogen-bond donors (Lipinski definition) is 0. The van der Waals surface area contributed by atoms with E-state index in [-0.39, 0.29) is 11.1 Å². The summed E-state index contributed by atoms with van der Waals surface area (Å²) in [7, 11) is 2.22. The van der Waals surface area contributed by atoms with Crippen molar-refractivity contribution in [2.75, 3.05) is 18.5 Å². The molecule has 180 valence electrons. The van der Waals surface area contributed by atoms with Gasteiger partial charge in [-0.05, 0) is 0 Å². The zero-order valence-electron chi connectivity index (χ0n) is 21.2. The molecule has 1 nitrogen and oxygen atoms in total. The third-order valence-electron chi connectivity index (χ3n) is 8.23. The van der Waals surface area contributed by atoms with E-state index in [0.717, 1.165) is 6.54 Å². The molecule has 0 saturated heterocycles. The Bertz CT molecular complexity index is 1220. The third-order valence-corrected chi connectivity index (χ3v) is 19.4. The van der Waals surface area contributed by atoms with Crippen molar-refractivity contribution in [2.24, 2.45) is 0 Å². The zero-order chi connectivity index (χ0) is 24.7. The molecule has 0 saturated carbocycles. The van der Waals surface area contributed by atoms with Crippen molar-refractivity contribution in [3.63, 3.8) is 0 Å². The Morgan fingerprint density at radius 2 is 1.20 bits per heavy atom. The third kappa shape index (κ3) is 3.69. The van der Waals surface area contributed by atoms with E-state index < -0.39 is 5.31 Å². The van der Waals surface area contributed by atoms with E-state index >= 15 is 0 Å². The van der Waals surface area contributed by atoms with Crippen LogP contribution in [-0.2, 0) is 5.41 Å². The van der Waals surface area contributed by atoms with E-state index in [0.29, 0.717) is 0 Å². The summed E-state index contributed by atoms with van der Waals surface area (Å²) in [4.78, 5) is 2.41. The topological polar surface area (TPSA) is 3.24 Å². The second kappa shape index (κ2) is 8.91. The second-order valence-corrected chi connectivity index (χ2v) is 19.5. The first-order valence-corrected chi connectivity index (χ1v) is 16.8. The minimum absolute atomic E-state index is 0.159. The summed E-state index contributed by atoms with van der Waals surface area (Å²) in [5.74, 6) is 0. The Labute approximate surface area is 218 Å². The second-order valence-electron chi connectivity index (χ2n) is 10.6. The fourth-order valence-electron chi connectivity index (χ4n) is 5.95. The fraction of sp³-hybridized carbons (Fsp3) is 0.250. The SMILES string of the molecule is CC(c1ccc2c(c1)C(C)(C)CCN2C)P(Br)(c1ccccc1)(c1ccccc1)c1ccccc1. The van der Waals surface area contributed by atoms with Gasteiger partial charge in [0, 0.05) is 0 Å². The van der Waals surface area contributed by atoms with Gasteiger partial charge in [0.05, 0.1) is 0 Å². The standard InChI is InChI=1S/C32H35BrNP/c1-25(26-20-21-31-30(24-26)32(2,3)22-23-34(31)4)35(33,27-14-8-5-9-15-27,28-16-10-6-11-17-28)29-18-12-7-13-19-29/h5-21,24-25H,22-23H2,1-4H3. The van der Waals surface area contributed by atoms with Gasteiger partial charge in [0.25, 0.3) is 0 Å². The van der Waals surface area contributed by atoms with Crippen molar-refractivity contribution in [3.8, 4) is 0 Å². The Morgan fingerprint density at radius 3 is 1.66 bits per heavy atom. The Hall–Kier alpha value is -2.41. The number of halogens is 1. The van der Waals surface area contributed by atoms with Gasteiger partial charge in [0.15, 0.2) is 0 Å². The van der Waals surface area contributed by atoms with Gasteiger partial charge in [-0.3, -0.25) is 0 Å². The summed E-state index contributed by atoms with van der Waals surface area (Å²) in [5, 5.41) is 0.972. The molecule has 0 spiro atoms. The van der Waals surface area contributed by atoms with Crippen LogP contribution >= 0.6 is 20.8 Å². The van der Waals surface area contributed by atoms with Crippen molar-refractivity contribution in [3.05, 3.63) is 120 Å².